The second-order valence-corrected chi connectivity index (χ2v) is 4.13. The molecule has 1 heterocycles. The maximum Gasteiger partial charge on any atom is 0.255 e. The number of halogens is 1. The molecule has 2 N–H and O–H groups in total. The van der Waals surface area contributed by atoms with Gasteiger partial charge >= 0.3 is 0 Å². The minimum absolute atomic E-state index is 0.250. The van der Waals surface area contributed by atoms with Crippen molar-refractivity contribution in [1.29, 1.82) is 0 Å². The molecule has 0 atom stereocenters. The molecular weight excluding hydrogens is 227 g/mol. The van der Waals surface area contributed by atoms with E-state index in [2.05, 4.69) is 4.98 Å². The van der Waals surface area contributed by atoms with Crippen molar-refractivity contribution in [2.45, 2.75) is 17.5 Å². The Kier molecular flexibility index (Phi) is 3.58. The molecule has 0 saturated heterocycles. The van der Waals surface area contributed by atoms with Crippen LogP contribution >= 0.6 is 11.8 Å². The second kappa shape index (κ2) is 5.14. The monoisotopic (exact) mass is 238 g/mol. The van der Waals surface area contributed by atoms with Crippen LogP contribution < -0.4 is 5.73 Å². The van der Waals surface area contributed by atoms with Gasteiger partial charge in [0, 0.05) is 12.3 Å². The summed E-state index contributed by atoms with van der Waals surface area (Å²) in [5.74, 6) is 0.352. The predicted molar refractivity (Wildman–Crippen MR) is 60.4 cm³/mol. The molecule has 0 unspecified atom stereocenters. The number of hydrogen-bond acceptors (Lipinski definition) is 4. The van der Waals surface area contributed by atoms with E-state index >= 15 is 0 Å². The highest BCUT2D eigenvalue weighted by Gasteiger charge is 2.05. The van der Waals surface area contributed by atoms with E-state index in [4.69, 9.17) is 10.2 Å². The first kappa shape index (κ1) is 11.2. The Morgan fingerprint density at radius 3 is 2.94 bits per heavy atom. The fourth-order valence-electron chi connectivity index (χ4n) is 1.35. The molecule has 84 valence electrons. The van der Waals surface area contributed by atoms with Crippen molar-refractivity contribution < 1.29 is 8.81 Å². The van der Waals surface area contributed by atoms with Gasteiger partial charge in [-0.2, -0.15) is 0 Å². The third kappa shape index (κ3) is 2.62. The minimum atomic E-state index is -0.250. The summed E-state index contributed by atoms with van der Waals surface area (Å²) in [5, 5.41) is 0.576. The number of thioether (sulfide) groups is 1. The molecule has 5 heteroatoms. The third-order valence-corrected chi connectivity index (χ3v) is 3.05. The van der Waals surface area contributed by atoms with Crippen molar-refractivity contribution in [3.63, 3.8) is 0 Å². The van der Waals surface area contributed by atoms with Gasteiger partial charge in [-0.3, -0.25) is 0 Å². The number of nitrogens with two attached hydrogens (primary N) is 1. The molecule has 2 aromatic rings. The molecule has 1 aromatic carbocycles. The molecule has 2 rings (SSSR count). The van der Waals surface area contributed by atoms with Gasteiger partial charge in [0.05, 0.1) is 6.20 Å². The van der Waals surface area contributed by atoms with Gasteiger partial charge in [0.1, 0.15) is 12.1 Å². The van der Waals surface area contributed by atoms with Gasteiger partial charge in [0.25, 0.3) is 5.22 Å². The van der Waals surface area contributed by atoms with Gasteiger partial charge in [0.2, 0.25) is 0 Å². The quantitative estimate of drug-likeness (QED) is 0.832. The standard InChI is InChI=1S/C11H11FN2OS/c12-10-2-1-8(6-13)9(5-10)7-16-11-14-3-4-15-11/h1-5H,6-7,13H2. The van der Waals surface area contributed by atoms with Crippen molar-refractivity contribution in [2.75, 3.05) is 0 Å². The van der Waals surface area contributed by atoms with Gasteiger partial charge in [-0.25, -0.2) is 9.37 Å². The molecule has 3 nitrogen and oxygen atoms in total. The van der Waals surface area contributed by atoms with E-state index in [0.717, 1.165) is 11.1 Å². The first-order valence-electron chi connectivity index (χ1n) is 4.79. The molecule has 0 saturated carbocycles. The number of benzene rings is 1. The van der Waals surface area contributed by atoms with E-state index in [1.54, 1.807) is 12.3 Å². The average molecular weight is 238 g/mol. The molecule has 0 aliphatic carbocycles. The zero-order valence-electron chi connectivity index (χ0n) is 8.52. The van der Waals surface area contributed by atoms with E-state index in [-0.39, 0.29) is 5.82 Å². The summed E-state index contributed by atoms with van der Waals surface area (Å²) in [4.78, 5) is 3.98. The van der Waals surface area contributed by atoms with Crippen LogP contribution in [0.25, 0.3) is 0 Å². The topological polar surface area (TPSA) is 52.0 Å². The highest BCUT2D eigenvalue weighted by atomic mass is 32.2. The van der Waals surface area contributed by atoms with Crippen LogP contribution in [0.5, 0.6) is 0 Å². The highest BCUT2D eigenvalue weighted by molar-refractivity contribution is 7.98. The summed E-state index contributed by atoms with van der Waals surface area (Å²) >= 11 is 1.42. The van der Waals surface area contributed by atoms with Crippen LogP contribution in [0, 0.1) is 5.82 Å². The molecule has 0 aliphatic heterocycles. The lowest BCUT2D eigenvalue weighted by Crippen LogP contribution is -2.01. The molecule has 0 aliphatic rings. The zero-order valence-corrected chi connectivity index (χ0v) is 9.34. The van der Waals surface area contributed by atoms with Gasteiger partial charge in [-0.15, -0.1) is 0 Å². The summed E-state index contributed by atoms with van der Waals surface area (Å²) in [6, 6.07) is 4.63. The normalized spacial score (nSPS) is 10.6. The molecule has 0 bridgehead atoms. The van der Waals surface area contributed by atoms with Crippen molar-refractivity contribution in [2.24, 2.45) is 5.73 Å². The van der Waals surface area contributed by atoms with Crippen LogP contribution in [0.4, 0.5) is 4.39 Å². The summed E-state index contributed by atoms with van der Waals surface area (Å²) in [5.41, 5.74) is 7.40. The van der Waals surface area contributed by atoms with E-state index in [9.17, 15) is 4.39 Å². The Labute approximate surface area is 96.9 Å². The second-order valence-electron chi connectivity index (χ2n) is 3.20. The molecule has 16 heavy (non-hydrogen) atoms. The van der Waals surface area contributed by atoms with Gasteiger partial charge in [-0.05, 0) is 23.3 Å². The van der Waals surface area contributed by atoms with Crippen molar-refractivity contribution in [3.05, 3.63) is 47.6 Å². The maximum absolute atomic E-state index is 13.1. The summed E-state index contributed by atoms with van der Waals surface area (Å²) < 4.78 is 18.1. The molecule has 0 amide bonds. The number of rotatable bonds is 4. The van der Waals surface area contributed by atoms with Crippen LogP contribution in [0.3, 0.4) is 0 Å². The molecule has 0 fully saturated rings. The Bertz CT molecular complexity index is 459. The van der Waals surface area contributed by atoms with E-state index < -0.39 is 0 Å². The Morgan fingerprint density at radius 1 is 1.38 bits per heavy atom. The smallest absolute Gasteiger partial charge is 0.255 e. The van der Waals surface area contributed by atoms with Crippen molar-refractivity contribution in [3.8, 4) is 0 Å². The fraction of sp³-hybridized carbons (Fsp3) is 0.182. The highest BCUT2D eigenvalue weighted by Crippen LogP contribution is 2.23. The van der Waals surface area contributed by atoms with Crippen molar-refractivity contribution in [1.82, 2.24) is 4.98 Å². The predicted octanol–water partition coefficient (Wildman–Crippen LogP) is 2.56. The first-order valence-corrected chi connectivity index (χ1v) is 5.78. The lowest BCUT2D eigenvalue weighted by molar-refractivity contribution is 0.454. The van der Waals surface area contributed by atoms with Gasteiger partial charge in [-0.1, -0.05) is 17.8 Å². The van der Waals surface area contributed by atoms with E-state index in [1.165, 1.54) is 30.2 Å². The first-order chi connectivity index (χ1) is 7.79. The fourth-order valence-corrected chi connectivity index (χ4v) is 2.16. The maximum atomic E-state index is 13.1. The molecule has 1 aromatic heterocycles. The van der Waals surface area contributed by atoms with Crippen LogP contribution in [-0.4, -0.2) is 4.98 Å². The zero-order chi connectivity index (χ0) is 11.4. The van der Waals surface area contributed by atoms with Crippen LogP contribution in [0.15, 0.2) is 40.3 Å². The minimum Gasteiger partial charge on any atom is -0.440 e. The molecule has 0 radical (unpaired) electrons. The third-order valence-electron chi connectivity index (χ3n) is 2.15. The number of aromatic nitrogens is 1. The summed E-state index contributed by atoms with van der Waals surface area (Å²) in [6.07, 6.45) is 3.09. The molecular formula is C11H11FN2OS. The SMILES string of the molecule is NCc1ccc(F)cc1CSc1ncco1. The van der Waals surface area contributed by atoms with E-state index in [0.29, 0.717) is 17.5 Å². The Hall–Kier alpha value is -1.33. The summed E-state index contributed by atoms with van der Waals surface area (Å²) in [6.45, 7) is 0.405. The number of nitrogens with zero attached hydrogens (tertiary/aromatic N) is 1. The lowest BCUT2D eigenvalue weighted by Gasteiger charge is -2.06. The largest absolute Gasteiger partial charge is 0.440 e. The summed E-state index contributed by atoms with van der Waals surface area (Å²) in [7, 11) is 0. The number of hydrogen-bond donors (Lipinski definition) is 1. The average Bonchev–Trinajstić information content (AvgIpc) is 2.79. The lowest BCUT2D eigenvalue weighted by atomic mass is 10.1. The van der Waals surface area contributed by atoms with Crippen LogP contribution in [0.1, 0.15) is 11.1 Å². The van der Waals surface area contributed by atoms with Crippen LogP contribution in [0.2, 0.25) is 0 Å². The van der Waals surface area contributed by atoms with Gasteiger partial charge < -0.3 is 10.2 Å². The Morgan fingerprint density at radius 2 is 2.25 bits per heavy atom. The van der Waals surface area contributed by atoms with E-state index in [1.807, 2.05) is 0 Å². The number of oxazole rings is 1. The molecule has 0 spiro atoms. The van der Waals surface area contributed by atoms with Crippen LogP contribution in [-0.2, 0) is 12.3 Å². The van der Waals surface area contributed by atoms with Crippen molar-refractivity contribution >= 4 is 11.8 Å². The van der Waals surface area contributed by atoms with Gasteiger partial charge in [0.15, 0.2) is 0 Å². The Balaban J connectivity index is 2.11.